The number of nitrogens with one attached hydrogen (secondary N) is 3. The van der Waals surface area contributed by atoms with Crippen molar-refractivity contribution < 1.29 is 9.53 Å². The molecule has 1 fully saturated rings. The third-order valence-corrected chi connectivity index (χ3v) is 4.45. The summed E-state index contributed by atoms with van der Waals surface area (Å²) in [5.41, 5.74) is 2.12. The number of methoxy groups -OCH3 is 1. The van der Waals surface area contributed by atoms with E-state index in [0.717, 1.165) is 25.2 Å². The number of nitrogens with zero attached hydrogens (tertiary/aromatic N) is 2. The van der Waals surface area contributed by atoms with Gasteiger partial charge in [0.2, 0.25) is 0 Å². The first-order valence-corrected chi connectivity index (χ1v) is 8.48. The van der Waals surface area contributed by atoms with Crippen LogP contribution in [0.1, 0.15) is 23.6 Å². The molecule has 1 aromatic carbocycles. The number of piperidine rings is 1. The van der Waals surface area contributed by atoms with Gasteiger partial charge in [-0.15, -0.1) is 0 Å². The van der Waals surface area contributed by atoms with Crippen molar-refractivity contribution in [1.82, 2.24) is 15.6 Å². The number of aromatic nitrogens is 1. The molecule has 0 saturated carbocycles. The van der Waals surface area contributed by atoms with E-state index in [1.54, 1.807) is 37.6 Å². The third kappa shape index (κ3) is 4.29. The van der Waals surface area contributed by atoms with E-state index < -0.39 is 0 Å². The van der Waals surface area contributed by atoms with Crippen LogP contribution in [-0.4, -0.2) is 37.3 Å². The number of urea groups is 1. The molecular formula is C19H21N5O2. The van der Waals surface area contributed by atoms with Gasteiger partial charge in [-0.2, -0.15) is 5.26 Å². The van der Waals surface area contributed by atoms with Gasteiger partial charge in [-0.3, -0.25) is 4.98 Å². The molecule has 2 heterocycles. The molecule has 7 nitrogen and oxygen atoms in total. The summed E-state index contributed by atoms with van der Waals surface area (Å²) >= 11 is 0. The molecule has 3 rings (SSSR count). The SMILES string of the molecule is COc1ccc(C2CNCCC2NC(=O)Nc2ccc(C#N)cc2)nc1. The van der Waals surface area contributed by atoms with Gasteiger partial charge < -0.3 is 20.7 Å². The highest BCUT2D eigenvalue weighted by Crippen LogP contribution is 2.24. The molecule has 1 aliphatic heterocycles. The monoisotopic (exact) mass is 351 g/mol. The molecule has 0 radical (unpaired) electrons. The molecule has 7 heteroatoms. The number of benzene rings is 1. The molecule has 2 unspecified atom stereocenters. The molecule has 0 bridgehead atoms. The zero-order valence-corrected chi connectivity index (χ0v) is 14.5. The van der Waals surface area contributed by atoms with E-state index in [2.05, 4.69) is 27.0 Å². The summed E-state index contributed by atoms with van der Waals surface area (Å²) in [5, 5.41) is 18.0. The molecule has 1 aromatic heterocycles. The molecule has 26 heavy (non-hydrogen) atoms. The van der Waals surface area contributed by atoms with Crippen LogP contribution in [0.25, 0.3) is 0 Å². The molecule has 0 spiro atoms. The summed E-state index contributed by atoms with van der Waals surface area (Å²) in [6, 6.07) is 12.4. The van der Waals surface area contributed by atoms with Gasteiger partial charge in [-0.25, -0.2) is 4.79 Å². The van der Waals surface area contributed by atoms with Crippen LogP contribution in [0.2, 0.25) is 0 Å². The topological polar surface area (TPSA) is 99.1 Å². The van der Waals surface area contributed by atoms with E-state index in [0.29, 0.717) is 17.0 Å². The van der Waals surface area contributed by atoms with Crippen molar-refractivity contribution in [2.24, 2.45) is 0 Å². The minimum absolute atomic E-state index is 0.0180. The molecule has 134 valence electrons. The van der Waals surface area contributed by atoms with Crippen molar-refractivity contribution in [3.8, 4) is 11.8 Å². The van der Waals surface area contributed by atoms with Crippen LogP contribution >= 0.6 is 0 Å². The second kappa shape index (κ2) is 8.32. The molecular weight excluding hydrogens is 330 g/mol. The van der Waals surface area contributed by atoms with Gasteiger partial charge in [0.15, 0.2) is 0 Å². The summed E-state index contributed by atoms with van der Waals surface area (Å²) in [7, 11) is 1.61. The lowest BCUT2D eigenvalue weighted by atomic mass is 9.90. The number of rotatable bonds is 4. The predicted octanol–water partition coefficient (Wildman–Crippen LogP) is 2.23. The molecule has 2 amide bonds. The summed E-state index contributed by atoms with van der Waals surface area (Å²) in [5.74, 6) is 0.793. The average Bonchev–Trinajstić information content (AvgIpc) is 2.69. The Kier molecular flexibility index (Phi) is 5.66. The second-order valence-electron chi connectivity index (χ2n) is 6.12. The van der Waals surface area contributed by atoms with Gasteiger partial charge in [0.25, 0.3) is 0 Å². The van der Waals surface area contributed by atoms with E-state index in [4.69, 9.17) is 10.00 Å². The maximum absolute atomic E-state index is 12.4. The zero-order chi connectivity index (χ0) is 18.4. The molecule has 3 N–H and O–H groups in total. The van der Waals surface area contributed by atoms with Gasteiger partial charge in [0.05, 0.1) is 24.9 Å². The lowest BCUT2D eigenvalue weighted by Crippen LogP contribution is -2.49. The highest BCUT2D eigenvalue weighted by Gasteiger charge is 2.28. The molecule has 1 saturated heterocycles. The van der Waals surface area contributed by atoms with Crippen LogP contribution in [0.15, 0.2) is 42.6 Å². The number of anilines is 1. The fourth-order valence-corrected chi connectivity index (χ4v) is 3.04. The smallest absolute Gasteiger partial charge is 0.319 e. The Hall–Kier alpha value is -3.11. The Bertz CT molecular complexity index is 783. The summed E-state index contributed by atoms with van der Waals surface area (Å²) in [4.78, 5) is 16.8. The largest absolute Gasteiger partial charge is 0.495 e. The Morgan fingerprint density at radius 1 is 1.31 bits per heavy atom. The van der Waals surface area contributed by atoms with E-state index in [9.17, 15) is 4.79 Å². The average molecular weight is 351 g/mol. The van der Waals surface area contributed by atoms with Crippen LogP contribution in [0.4, 0.5) is 10.5 Å². The molecule has 2 atom stereocenters. The Morgan fingerprint density at radius 2 is 2.12 bits per heavy atom. The van der Waals surface area contributed by atoms with Crippen LogP contribution in [0, 0.1) is 11.3 Å². The first-order valence-electron chi connectivity index (χ1n) is 8.48. The van der Waals surface area contributed by atoms with Crippen molar-refractivity contribution in [1.29, 1.82) is 5.26 Å². The van der Waals surface area contributed by atoms with Gasteiger partial charge in [-0.05, 0) is 49.4 Å². The maximum atomic E-state index is 12.4. The summed E-state index contributed by atoms with van der Waals surface area (Å²) < 4.78 is 5.15. The lowest BCUT2D eigenvalue weighted by Gasteiger charge is -2.32. The number of ether oxygens (including phenoxy) is 1. The fourth-order valence-electron chi connectivity index (χ4n) is 3.04. The number of hydrogen-bond donors (Lipinski definition) is 3. The fraction of sp³-hybridized carbons (Fsp3) is 0.316. The summed E-state index contributed by atoms with van der Waals surface area (Å²) in [6.45, 7) is 1.59. The van der Waals surface area contributed by atoms with E-state index >= 15 is 0 Å². The molecule has 2 aromatic rings. The van der Waals surface area contributed by atoms with E-state index in [1.807, 2.05) is 12.1 Å². The quantitative estimate of drug-likeness (QED) is 0.784. The summed E-state index contributed by atoms with van der Waals surface area (Å²) in [6.07, 6.45) is 2.51. The maximum Gasteiger partial charge on any atom is 0.319 e. The minimum atomic E-state index is -0.264. The van der Waals surface area contributed by atoms with Gasteiger partial charge in [0.1, 0.15) is 5.75 Å². The van der Waals surface area contributed by atoms with Crippen molar-refractivity contribution >= 4 is 11.7 Å². The van der Waals surface area contributed by atoms with Gasteiger partial charge in [-0.1, -0.05) is 0 Å². The third-order valence-electron chi connectivity index (χ3n) is 4.45. The Labute approximate surface area is 152 Å². The van der Waals surface area contributed by atoms with E-state index in [1.165, 1.54) is 0 Å². The van der Waals surface area contributed by atoms with Crippen LogP contribution in [0.5, 0.6) is 5.75 Å². The highest BCUT2D eigenvalue weighted by atomic mass is 16.5. The molecule has 0 aliphatic carbocycles. The number of pyridine rings is 1. The first kappa shape index (κ1) is 17.7. The number of carbonyl (C=O) groups is 1. The number of hydrogen-bond acceptors (Lipinski definition) is 5. The standard InChI is InChI=1S/C19H21N5O2/c1-26-15-6-7-17(22-11-15)16-12-21-9-8-18(16)24-19(25)23-14-4-2-13(10-20)3-5-14/h2-7,11,16,18,21H,8-9,12H2,1H3,(H2,23,24,25). The van der Waals surface area contributed by atoms with Crippen molar-refractivity contribution in [2.75, 3.05) is 25.5 Å². The Morgan fingerprint density at radius 3 is 2.77 bits per heavy atom. The number of carbonyl (C=O) groups excluding carboxylic acids is 1. The van der Waals surface area contributed by atoms with Crippen LogP contribution in [0.3, 0.4) is 0 Å². The molecule has 1 aliphatic rings. The predicted molar refractivity (Wildman–Crippen MR) is 98.1 cm³/mol. The zero-order valence-electron chi connectivity index (χ0n) is 14.5. The Balaban J connectivity index is 1.65. The van der Waals surface area contributed by atoms with Crippen molar-refractivity contribution in [3.63, 3.8) is 0 Å². The second-order valence-corrected chi connectivity index (χ2v) is 6.12. The van der Waals surface area contributed by atoms with Crippen molar-refractivity contribution in [2.45, 2.75) is 18.4 Å². The van der Waals surface area contributed by atoms with Crippen LogP contribution < -0.4 is 20.7 Å². The normalized spacial score (nSPS) is 19.2. The number of nitriles is 1. The minimum Gasteiger partial charge on any atom is -0.495 e. The first-order chi connectivity index (χ1) is 12.7. The number of amides is 2. The van der Waals surface area contributed by atoms with Crippen LogP contribution in [-0.2, 0) is 0 Å². The highest BCUT2D eigenvalue weighted by molar-refractivity contribution is 5.89. The lowest BCUT2D eigenvalue weighted by molar-refractivity contribution is 0.241. The van der Waals surface area contributed by atoms with Gasteiger partial charge in [0, 0.05) is 29.9 Å². The van der Waals surface area contributed by atoms with Gasteiger partial charge >= 0.3 is 6.03 Å². The van der Waals surface area contributed by atoms with Crippen molar-refractivity contribution in [3.05, 3.63) is 53.9 Å². The van der Waals surface area contributed by atoms with E-state index in [-0.39, 0.29) is 18.0 Å².